The van der Waals surface area contributed by atoms with Gasteiger partial charge in [-0.3, -0.25) is 4.90 Å². The van der Waals surface area contributed by atoms with Crippen molar-refractivity contribution in [1.82, 2.24) is 10.2 Å². The summed E-state index contributed by atoms with van der Waals surface area (Å²) in [6.07, 6.45) is 0. The predicted octanol–water partition coefficient (Wildman–Crippen LogP) is 1.46. The SMILES string of the molecule is CC(C)(C)NCCO.CC(C)N(CCO)C(C)C. The van der Waals surface area contributed by atoms with E-state index in [-0.39, 0.29) is 18.8 Å². The second kappa shape index (κ2) is 10.7. The van der Waals surface area contributed by atoms with Crippen LogP contribution in [0.1, 0.15) is 48.5 Å². The average Bonchev–Trinajstić information content (AvgIpc) is 2.22. The molecule has 4 heteroatoms. The molecule has 3 N–H and O–H groups in total. The standard InChI is InChI=1S/C8H19NO.C6H15NO/c1-7(2)9(5-6-10)8(3)4;1-6(2,3)7-4-5-8/h7-8,10H,5-6H2,1-4H3;7-8H,4-5H2,1-3H3. The van der Waals surface area contributed by atoms with Crippen LogP contribution in [0.5, 0.6) is 0 Å². The van der Waals surface area contributed by atoms with Crippen LogP contribution in [-0.2, 0) is 0 Å². The monoisotopic (exact) mass is 262 g/mol. The van der Waals surface area contributed by atoms with E-state index in [9.17, 15) is 0 Å². The third-order valence-corrected chi connectivity index (χ3v) is 2.45. The van der Waals surface area contributed by atoms with Crippen molar-refractivity contribution in [1.29, 1.82) is 0 Å². The third-order valence-electron chi connectivity index (χ3n) is 2.45. The van der Waals surface area contributed by atoms with Gasteiger partial charge in [0, 0.05) is 30.7 Å². The van der Waals surface area contributed by atoms with Crippen molar-refractivity contribution in [2.45, 2.75) is 66.1 Å². The first-order chi connectivity index (χ1) is 8.15. The lowest BCUT2D eigenvalue weighted by atomic mass is 10.1. The van der Waals surface area contributed by atoms with Gasteiger partial charge in [0.15, 0.2) is 0 Å². The highest BCUT2D eigenvalue weighted by Gasteiger charge is 2.11. The molecule has 0 amide bonds. The number of nitrogens with zero attached hydrogens (tertiary/aromatic N) is 1. The van der Waals surface area contributed by atoms with Crippen LogP contribution in [-0.4, -0.2) is 59.0 Å². The van der Waals surface area contributed by atoms with Crippen LogP contribution in [0.4, 0.5) is 0 Å². The average molecular weight is 262 g/mol. The van der Waals surface area contributed by atoms with Crippen LogP contribution >= 0.6 is 0 Å². The molecule has 0 aromatic heterocycles. The Labute approximate surface area is 113 Å². The number of aliphatic hydroxyl groups excluding tert-OH is 2. The Kier molecular flexibility index (Phi) is 12.0. The van der Waals surface area contributed by atoms with Gasteiger partial charge in [0.25, 0.3) is 0 Å². The highest BCUT2D eigenvalue weighted by Crippen LogP contribution is 2.02. The van der Waals surface area contributed by atoms with Crippen LogP contribution in [0, 0.1) is 0 Å². The van der Waals surface area contributed by atoms with E-state index < -0.39 is 0 Å². The van der Waals surface area contributed by atoms with Crippen LogP contribution in [0.15, 0.2) is 0 Å². The second-order valence-corrected chi connectivity index (χ2v) is 6.05. The summed E-state index contributed by atoms with van der Waals surface area (Å²) >= 11 is 0. The lowest BCUT2D eigenvalue weighted by molar-refractivity contribution is 0.134. The zero-order chi connectivity index (χ0) is 14.8. The van der Waals surface area contributed by atoms with Crippen molar-refractivity contribution in [3.8, 4) is 0 Å². The van der Waals surface area contributed by atoms with Gasteiger partial charge in [-0.25, -0.2) is 0 Å². The molecule has 0 rings (SSSR count). The molecule has 0 radical (unpaired) electrons. The molecule has 0 unspecified atom stereocenters. The van der Waals surface area contributed by atoms with Gasteiger partial charge < -0.3 is 15.5 Å². The van der Waals surface area contributed by atoms with Gasteiger partial charge in [-0.2, -0.15) is 0 Å². The first kappa shape index (κ1) is 20.2. The van der Waals surface area contributed by atoms with Gasteiger partial charge in [-0.05, 0) is 48.5 Å². The molecule has 0 aromatic rings. The van der Waals surface area contributed by atoms with E-state index in [0.717, 1.165) is 6.54 Å². The van der Waals surface area contributed by atoms with Gasteiger partial charge in [-0.1, -0.05) is 0 Å². The van der Waals surface area contributed by atoms with Crippen LogP contribution < -0.4 is 5.32 Å². The Morgan fingerprint density at radius 2 is 1.39 bits per heavy atom. The van der Waals surface area contributed by atoms with Crippen molar-refractivity contribution in [3.05, 3.63) is 0 Å². The Morgan fingerprint density at radius 1 is 0.944 bits per heavy atom. The Balaban J connectivity index is 0. The fourth-order valence-corrected chi connectivity index (χ4v) is 1.66. The van der Waals surface area contributed by atoms with E-state index in [0.29, 0.717) is 18.6 Å². The summed E-state index contributed by atoms with van der Waals surface area (Å²) in [4.78, 5) is 2.26. The predicted molar refractivity (Wildman–Crippen MR) is 78.9 cm³/mol. The molecule has 0 bridgehead atoms. The summed E-state index contributed by atoms with van der Waals surface area (Å²) < 4.78 is 0. The number of nitrogens with one attached hydrogen (secondary N) is 1. The molecule has 112 valence electrons. The third kappa shape index (κ3) is 13.9. The van der Waals surface area contributed by atoms with Crippen molar-refractivity contribution < 1.29 is 10.2 Å². The molecule has 0 aromatic carbocycles. The summed E-state index contributed by atoms with van der Waals surface area (Å²) in [5, 5.41) is 20.2. The summed E-state index contributed by atoms with van der Waals surface area (Å²) in [6, 6.07) is 1.07. The van der Waals surface area contributed by atoms with Crippen molar-refractivity contribution in [2.75, 3.05) is 26.3 Å². The first-order valence-electron chi connectivity index (χ1n) is 6.88. The second-order valence-electron chi connectivity index (χ2n) is 6.05. The Morgan fingerprint density at radius 3 is 1.50 bits per heavy atom. The van der Waals surface area contributed by atoms with Gasteiger partial charge in [0.1, 0.15) is 0 Å². The van der Waals surface area contributed by atoms with Gasteiger partial charge in [0.2, 0.25) is 0 Å². The van der Waals surface area contributed by atoms with Crippen molar-refractivity contribution in [3.63, 3.8) is 0 Å². The summed E-state index contributed by atoms with van der Waals surface area (Å²) in [7, 11) is 0. The maximum Gasteiger partial charge on any atom is 0.0558 e. The molecular weight excluding hydrogens is 228 g/mol. The maximum atomic E-state index is 8.69. The summed E-state index contributed by atoms with van der Waals surface area (Å²) in [5.41, 5.74) is 0.142. The molecule has 0 aliphatic rings. The normalized spacial score (nSPS) is 12.0. The molecule has 18 heavy (non-hydrogen) atoms. The number of β-amino-alcohol motifs (C(OH)–C–C–N with tert-alkyl or cyclic N) is 1. The molecule has 0 saturated carbocycles. The minimum atomic E-state index is 0.142. The zero-order valence-electron chi connectivity index (χ0n) is 13.3. The van der Waals surface area contributed by atoms with Crippen LogP contribution in [0.2, 0.25) is 0 Å². The van der Waals surface area contributed by atoms with Gasteiger partial charge in [-0.15, -0.1) is 0 Å². The van der Waals surface area contributed by atoms with E-state index in [1.165, 1.54) is 0 Å². The Bertz CT molecular complexity index is 169. The maximum absolute atomic E-state index is 8.69. The highest BCUT2D eigenvalue weighted by molar-refractivity contribution is 4.68. The van der Waals surface area contributed by atoms with Crippen LogP contribution in [0.3, 0.4) is 0 Å². The largest absolute Gasteiger partial charge is 0.395 e. The molecule has 0 fully saturated rings. The summed E-state index contributed by atoms with van der Waals surface area (Å²) in [5.74, 6) is 0. The lowest BCUT2D eigenvalue weighted by Crippen LogP contribution is -2.38. The molecule has 4 nitrogen and oxygen atoms in total. The zero-order valence-corrected chi connectivity index (χ0v) is 13.3. The Hall–Kier alpha value is -0.160. The van der Waals surface area contributed by atoms with Gasteiger partial charge in [0.05, 0.1) is 13.2 Å². The molecule has 0 aliphatic heterocycles. The number of hydrogen-bond donors (Lipinski definition) is 3. The molecule has 0 heterocycles. The smallest absolute Gasteiger partial charge is 0.0558 e. The minimum Gasteiger partial charge on any atom is -0.395 e. The van der Waals surface area contributed by atoms with Crippen LogP contribution in [0.25, 0.3) is 0 Å². The quantitative estimate of drug-likeness (QED) is 0.678. The fourth-order valence-electron chi connectivity index (χ4n) is 1.66. The van der Waals surface area contributed by atoms with Crippen molar-refractivity contribution >= 4 is 0 Å². The van der Waals surface area contributed by atoms with E-state index in [2.05, 4.69) is 58.7 Å². The van der Waals surface area contributed by atoms with Gasteiger partial charge >= 0.3 is 0 Å². The van der Waals surface area contributed by atoms with E-state index in [1.807, 2.05) is 0 Å². The minimum absolute atomic E-state index is 0.142. The highest BCUT2D eigenvalue weighted by atomic mass is 16.3. The molecular formula is C14H34N2O2. The van der Waals surface area contributed by atoms with E-state index >= 15 is 0 Å². The topological polar surface area (TPSA) is 55.7 Å². The number of hydrogen-bond acceptors (Lipinski definition) is 4. The summed E-state index contributed by atoms with van der Waals surface area (Å²) in [6.45, 7) is 16.8. The molecule has 0 spiro atoms. The van der Waals surface area contributed by atoms with E-state index in [1.54, 1.807) is 0 Å². The number of aliphatic hydroxyl groups is 2. The van der Waals surface area contributed by atoms with Crippen molar-refractivity contribution in [2.24, 2.45) is 0 Å². The first-order valence-corrected chi connectivity index (χ1v) is 6.88. The molecule has 0 atom stereocenters. The fraction of sp³-hybridized carbons (Fsp3) is 1.00. The van der Waals surface area contributed by atoms with E-state index in [4.69, 9.17) is 10.2 Å². The molecule has 0 aliphatic carbocycles. The lowest BCUT2D eigenvalue weighted by Gasteiger charge is -2.29. The number of rotatable bonds is 6. The molecule has 0 saturated heterocycles.